The third-order valence-corrected chi connectivity index (χ3v) is 5.63. The third-order valence-electron chi connectivity index (χ3n) is 4.68. The Balaban J connectivity index is 1.71. The molecule has 1 aliphatic heterocycles. The zero-order valence-electron chi connectivity index (χ0n) is 15.4. The summed E-state index contributed by atoms with van der Waals surface area (Å²) in [6.07, 6.45) is 0. The molecule has 0 bridgehead atoms. The molecule has 4 rings (SSSR count). The van der Waals surface area contributed by atoms with Gasteiger partial charge in [0.15, 0.2) is 0 Å². The van der Waals surface area contributed by atoms with E-state index in [9.17, 15) is 10.1 Å². The van der Waals surface area contributed by atoms with Crippen molar-refractivity contribution in [2.75, 3.05) is 0 Å². The molecule has 0 saturated heterocycles. The molecule has 0 aromatic heterocycles. The van der Waals surface area contributed by atoms with Crippen LogP contribution in [0, 0.1) is 11.3 Å². The zero-order valence-corrected chi connectivity index (χ0v) is 17.8. The highest BCUT2D eigenvalue weighted by molar-refractivity contribution is 9.10. The van der Waals surface area contributed by atoms with Gasteiger partial charge in [-0.15, -0.1) is 0 Å². The van der Waals surface area contributed by atoms with Crippen molar-refractivity contribution in [2.24, 2.45) is 5.73 Å². The van der Waals surface area contributed by atoms with Crippen molar-refractivity contribution in [3.63, 3.8) is 0 Å². The standard InChI is InChI=1S/C23H14BrClN2O3/c24-19-7-2-1-6-16(19)21-17-9-8-15(11-20(17)30-22(27)18(21)12-26)29-23(28)13-4-3-5-14(25)10-13/h1-11,21H,27H2. The van der Waals surface area contributed by atoms with Gasteiger partial charge in [0, 0.05) is 21.1 Å². The number of carbonyl (C=O) groups is 1. The van der Waals surface area contributed by atoms with Crippen LogP contribution in [-0.2, 0) is 0 Å². The average molecular weight is 482 g/mol. The van der Waals surface area contributed by atoms with E-state index in [1.807, 2.05) is 24.3 Å². The van der Waals surface area contributed by atoms with Gasteiger partial charge in [0.25, 0.3) is 0 Å². The van der Waals surface area contributed by atoms with Crippen LogP contribution in [0.3, 0.4) is 0 Å². The van der Waals surface area contributed by atoms with Gasteiger partial charge in [-0.25, -0.2) is 4.79 Å². The lowest BCUT2D eigenvalue weighted by atomic mass is 9.83. The Morgan fingerprint density at radius 3 is 2.63 bits per heavy atom. The number of fused-ring (bicyclic) bond motifs is 1. The molecular weight excluding hydrogens is 468 g/mol. The predicted octanol–water partition coefficient (Wildman–Crippen LogP) is 5.54. The summed E-state index contributed by atoms with van der Waals surface area (Å²) >= 11 is 9.49. The number of esters is 1. The van der Waals surface area contributed by atoms with Crippen LogP contribution in [0.25, 0.3) is 0 Å². The van der Waals surface area contributed by atoms with Crippen LogP contribution in [0.5, 0.6) is 11.5 Å². The van der Waals surface area contributed by atoms with E-state index in [-0.39, 0.29) is 11.6 Å². The van der Waals surface area contributed by atoms with Crippen molar-refractivity contribution < 1.29 is 14.3 Å². The largest absolute Gasteiger partial charge is 0.440 e. The van der Waals surface area contributed by atoms with Crippen LogP contribution < -0.4 is 15.2 Å². The summed E-state index contributed by atoms with van der Waals surface area (Å²) in [4.78, 5) is 12.4. The number of hydrogen-bond acceptors (Lipinski definition) is 5. The van der Waals surface area contributed by atoms with E-state index in [0.29, 0.717) is 21.9 Å². The maximum absolute atomic E-state index is 12.4. The fourth-order valence-corrected chi connectivity index (χ4v) is 4.01. The highest BCUT2D eigenvalue weighted by Gasteiger charge is 2.32. The molecule has 3 aromatic carbocycles. The van der Waals surface area contributed by atoms with Gasteiger partial charge in [-0.1, -0.05) is 57.9 Å². The molecule has 1 heterocycles. The second-order valence-corrected chi connectivity index (χ2v) is 7.84. The predicted molar refractivity (Wildman–Crippen MR) is 116 cm³/mol. The number of nitrogens with two attached hydrogens (primary N) is 1. The van der Waals surface area contributed by atoms with Gasteiger partial charge in [-0.2, -0.15) is 5.26 Å². The van der Waals surface area contributed by atoms with Gasteiger partial charge in [0.2, 0.25) is 5.88 Å². The van der Waals surface area contributed by atoms with E-state index < -0.39 is 11.9 Å². The van der Waals surface area contributed by atoms with Crippen molar-refractivity contribution in [3.8, 4) is 17.6 Å². The molecule has 0 radical (unpaired) electrons. The van der Waals surface area contributed by atoms with Crippen LogP contribution in [0.15, 0.2) is 82.7 Å². The first-order chi connectivity index (χ1) is 14.5. The van der Waals surface area contributed by atoms with Gasteiger partial charge in [0.05, 0.1) is 11.5 Å². The van der Waals surface area contributed by atoms with E-state index in [0.717, 1.165) is 15.6 Å². The molecule has 7 heteroatoms. The number of rotatable bonds is 3. The minimum atomic E-state index is -0.545. The summed E-state index contributed by atoms with van der Waals surface area (Å²) in [5, 5.41) is 10.1. The van der Waals surface area contributed by atoms with E-state index >= 15 is 0 Å². The molecule has 0 saturated carbocycles. The fraction of sp³-hybridized carbons (Fsp3) is 0.0435. The molecule has 1 unspecified atom stereocenters. The quantitative estimate of drug-likeness (QED) is 0.392. The van der Waals surface area contributed by atoms with Crippen LogP contribution in [0.4, 0.5) is 0 Å². The summed E-state index contributed by atoms with van der Waals surface area (Å²) in [7, 11) is 0. The Bertz CT molecular complexity index is 1230. The van der Waals surface area contributed by atoms with Crippen molar-refractivity contribution in [3.05, 3.63) is 104 Å². The molecule has 0 fully saturated rings. The first-order valence-corrected chi connectivity index (χ1v) is 10.1. The lowest BCUT2D eigenvalue weighted by molar-refractivity contribution is 0.0734. The number of nitrogens with zero attached hydrogens (tertiary/aromatic N) is 1. The van der Waals surface area contributed by atoms with Gasteiger partial charge in [0.1, 0.15) is 23.1 Å². The average Bonchev–Trinajstić information content (AvgIpc) is 2.73. The fourth-order valence-electron chi connectivity index (χ4n) is 3.31. The van der Waals surface area contributed by atoms with Crippen LogP contribution >= 0.6 is 27.5 Å². The Morgan fingerprint density at radius 1 is 1.10 bits per heavy atom. The highest BCUT2D eigenvalue weighted by atomic mass is 79.9. The van der Waals surface area contributed by atoms with Crippen molar-refractivity contribution in [1.82, 2.24) is 0 Å². The van der Waals surface area contributed by atoms with Gasteiger partial charge >= 0.3 is 5.97 Å². The molecule has 30 heavy (non-hydrogen) atoms. The molecule has 2 N–H and O–H groups in total. The maximum atomic E-state index is 12.4. The van der Waals surface area contributed by atoms with Crippen LogP contribution in [0.2, 0.25) is 5.02 Å². The lowest BCUT2D eigenvalue weighted by Crippen LogP contribution is -2.21. The maximum Gasteiger partial charge on any atom is 0.343 e. The number of benzene rings is 3. The first-order valence-electron chi connectivity index (χ1n) is 8.91. The number of halogens is 2. The number of carbonyl (C=O) groups excluding carboxylic acids is 1. The molecule has 148 valence electrons. The second-order valence-electron chi connectivity index (χ2n) is 6.55. The minimum Gasteiger partial charge on any atom is -0.440 e. The third kappa shape index (κ3) is 3.78. The molecule has 0 amide bonds. The summed E-state index contributed by atoms with van der Waals surface area (Å²) in [6.45, 7) is 0. The summed E-state index contributed by atoms with van der Waals surface area (Å²) in [5.74, 6) is -0.227. The molecular formula is C23H14BrClN2O3. The number of allylic oxidation sites excluding steroid dienone is 1. The smallest absolute Gasteiger partial charge is 0.343 e. The zero-order chi connectivity index (χ0) is 21.3. The normalized spacial score (nSPS) is 15.0. The Kier molecular flexibility index (Phi) is 5.49. The van der Waals surface area contributed by atoms with Crippen molar-refractivity contribution in [2.45, 2.75) is 5.92 Å². The monoisotopic (exact) mass is 480 g/mol. The Labute approximate surface area is 186 Å². The SMILES string of the molecule is N#CC1=C(N)Oc2cc(OC(=O)c3cccc(Cl)c3)ccc2C1c1ccccc1Br. The summed E-state index contributed by atoms with van der Waals surface area (Å²) in [6, 6.07) is 21.3. The second kappa shape index (κ2) is 8.23. The first kappa shape index (κ1) is 20.0. The number of ether oxygens (including phenoxy) is 2. The van der Waals surface area contributed by atoms with Crippen LogP contribution in [-0.4, -0.2) is 5.97 Å². The lowest BCUT2D eigenvalue weighted by Gasteiger charge is -2.27. The number of nitriles is 1. The molecule has 5 nitrogen and oxygen atoms in total. The highest BCUT2D eigenvalue weighted by Crippen LogP contribution is 2.45. The van der Waals surface area contributed by atoms with Gasteiger partial charge < -0.3 is 15.2 Å². The van der Waals surface area contributed by atoms with Gasteiger partial charge in [-0.3, -0.25) is 0 Å². The minimum absolute atomic E-state index is 0.0177. The summed E-state index contributed by atoms with van der Waals surface area (Å²) in [5.41, 5.74) is 8.31. The molecule has 0 spiro atoms. The van der Waals surface area contributed by atoms with E-state index in [1.54, 1.807) is 36.4 Å². The topological polar surface area (TPSA) is 85.3 Å². The van der Waals surface area contributed by atoms with Crippen molar-refractivity contribution in [1.29, 1.82) is 5.26 Å². The Hall–Kier alpha value is -3.27. The Morgan fingerprint density at radius 2 is 1.90 bits per heavy atom. The van der Waals surface area contributed by atoms with Gasteiger partial charge in [-0.05, 0) is 35.9 Å². The molecule has 3 aromatic rings. The van der Waals surface area contributed by atoms with E-state index in [1.165, 1.54) is 6.07 Å². The molecule has 0 aliphatic carbocycles. The van der Waals surface area contributed by atoms with Crippen molar-refractivity contribution >= 4 is 33.5 Å². The summed E-state index contributed by atoms with van der Waals surface area (Å²) < 4.78 is 12.0. The van der Waals surface area contributed by atoms with E-state index in [2.05, 4.69) is 22.0 Å². The van der Waals surface area contributed by atoms with E-state index in [4.69, 9.17) is 26.8 Å². The number of hydrogen-bond donors (Lipinski definition) is 1. The molecule has 1 atom stereocenters. The molecule has 1 aliphatic rings. The van der Waals surface area contributed by atoms with Crippen LogP contribution in [0.1, 0.15) is 27.4 Å².